The molecule has 0 fully saturated rings. The first-order chi connectivity index (χ1) is 17.6. The van der Waals surface area contributed by atoms with Crippen molar-refractivity contribution >= 4 is 13.6 Å². The highest BCUT2D eigenvalue weighted by Gasteiger charge is 2.20. The summed E-state index contributed by atoms with van der Waals surface area (Å²) in [4.78, 5) is 30.2. The number of rotatable bonds is 9. The Balaban J connectivity index is 0.000000886. The second-order valence-corrected chi connectivity index (χ2v) is 8.62. The molecule has 0 unspecified atom stereocenters. The first-order valence-electron chi connectivity index (χ1n) is 10.5. The second-order valence-electron chi connectivity index (χ2n) is 7.38. The Morgan fingerprint density at radius 3 is 2.43 bits per heavy atom. The first-order valence-corrected chi connectivity index (χ1v) is 12.0. The molecule has 0 amide bonds. The van der Waals surface area contributed by atoms with Crippen LogP contribution in [0.15, 0.2) is 77.6 Å². The lowest BCUT2D eigenvalue weighted by molar-refractivity contribution is -0.711. The van der Waals surface area contributed by atoms with Gasteiger partial charge in [-0.25, -0.2) is 18.6 Å². The average Bonchev–Trinajstić information content (AvgIpc) is 3.31. The summed E-state index contributed by atoms with van der Waals surface area (Å²) < 4.78 is 27.9. The molecule has 0 aliphatic carbocycles. The van der Waals surface area contributed by atoms with Crippen LogP contribution < -0.4 is 15.0 Å². The van der Waals surface area contributed by atoms with Gasteiger partial charge >= 0.3 is 7.82 Å². The summed E-state index contributed by atoms with van der Waals surface area (Å²) in [7, 11) is -4.62. The Hall–Kier alpha value is -4.36. The van der Waals surface area contributed by atoms with Gasteiger partial charge in [0.2, 0.25) is 12.6 Å². The number of pyridine rings is 2. The fraction of sp³-hybridized carbons (Fsp3) is 0.136. The Bertz CT molecular complexity index is 1360. The highest BCUT2D eigenvalue weighted by atomic mass is 31.2. The summed E-state index contributed by atoms with van der Waals surface area (Å²) in [6.45, 7) is 0.0196. The molecule has 0 spiro atoms. The quantitative estimate of drug-likeness (QED) is 0.123. The minimum absolute atomic E-state index is 0.228. The molecule has 4 aromatic rings. The third kappa shape index (κ3) is 8.98. The van der Waals surface area contributed by atoms with Crippen molar-refractivity contribution in [1.29, 1.82) is 0 Å². The number of nitrogens with two attached hydrogens (primary N) is 1. The van der Waals surface area contributed by atoms with E-state index in [1.54, 1.807) is 30.6 Å². The highest BCUT2D eigenvalue weighted by molar-refractivity contribution is 7.46. The lowest BCUT2D eigenvalue weighted by Crippen LogP contribution is -2.38. The van der Waals surface area contributed by atoms with E-state index < -0.39 is 19.6 Å². The molecular formula is C22H22N5O9P. The SMILES string of the molecule is Nc1c(-c2cc(Cc3ccc(COc4ccccn4)cc3)no2)ccc[n+]1COP(=O)(O)O.O=[N+]([O-])[O-]. The summed E-state index contributed by atoms with van der Waals surface area (Å²) in [5.74, 6) is 1.24. The number of ether oxygens (including phenoxy) is 1. The van der Waals surface area contributed by atoms with Gasteiger partial charge < -0.3 is 34.4 Å². The van der Waals surface area contributed by atoms with Crippen molar-refractivity contribution in [3.8, 4) is 17.2 Å². The molecular weight excluding hydrogens is 509 g/mol. The standard InChI is InChI=1S/C22H21N4O6P.NO3/c23-22-19(4-3-11-26(22)15-31-33(27,28)29)20-13-18(25-32-20)12-16-6-8-17(9-7-16)14-30-21-5-1-2-10-24-21;2-1(3)4/h1-11,13,23H,12,14-15H2,(H2,27,28,29);/q;-1/p+1. The Labute approximate surface area is 209 Å². The number of phosphoric ester groups is 1. The molecule has 37 heavy (non-hydrogen) atoms. The average molecular weight is 531 g/mol. The van der Waals surface area contributed by atoms with Crippen LogP contribution in [0.1, 0.15) is 16.8 Å². The third-order valence-electron chi connectivity index (χ3n) is 4.74. The maximum absolute atomic E-state index is 11.0. The molecule has 0 bridgehead atoms. The number of benzene rings is 1. The number of phosphoric acid groups is 1. The van der Waals surface area contributed by atoms with Crippen LogP contribution in [-0.4, -0.2) is 25.0 Å². The van der Waals surface area contributed by atoms with E-state index >= 15 is 0 Å². The van der Waals surface area contributed by atoms with Gasteiger partial charge in [0.05, 0.1) is 17.0 Å². The Morgan fingerprint density at radius 2 is 1.78 bits per heavy atom. The predicted octanol–water partition coefficient (Wildman–Crippen LogP) is 2.60. The minimum Gasteiger partial charge on any atom is -0.473 e. The van der Waals surface area contributed by atoms with Crippen molar-refractivity contribution < 1.29 is 37.8 Å². The van der Waals surface area contributed by atoms with Gasteiger partial charge in [-0.3, -0.25) is 5.73 Å². The van der Waals surface area contributed by atoms with Crippen LogP contribution in [0, 0.1) is 15.3 Å². The molecule has 0 saturated heterocycles. The fourth-order valence-corrected chi connectivity index (χ4v) is 3.37. The maximum Gasteiger partial charge on any atom is 0.472 e. The maximum atomic E-state index is 11.0. The van der Waals surface area contributed by atoms with Crippen LogP contribution >= 0.6 is 7.82 Å². The number of aromatic nitrogens is 3. The molecule has 14 nitrogen and oxygen atoms in total. The van der Waals surface area contributed by atoms with E-state index in [9.17, 15) is 4.57 Å². The first kappa shape index (κ1) is 27.2. The monoisotopic (exact) mass is 531 g/mol. The van der Waals surface area contributed by atoms with Gasteiger partial charge in [-0.1, -0.05) is 35.5 Å². The summed E-state index contributed by atoms with van der Waals surface area (Å²) in [6.07, 6.45) is 3.78. The van der Waals surface area contributed by atoms with Crippen molar-refractivity contribution in [2.24, 2.45) is 0 Å². The third-order valence-corrected chi connectivity index (χ3v) is 5.19. The van der Waals surface area contributed by atoms with Gasteiger partial charge in [0.15, 0.2) is 5.76 Å². The lowest BCUT2D eigenvalue weighted by atomic mass is 10.1. The number of nitrogen functional groups attached to an aromatic ring is 1. The fourth-order valence-electron chi connectivity index (χ4n) is 3.10. The van der Waals surface area contributed by atoms with Crippen LogP contribution in [0.4, 0.5) is 5.82 Å². The number of hydrogen-bond donors (Lipinski definition) is 3. The molecule has 3 aromatic heterocycles. The zero-order valence-corrected chi connectivity index (χ0v) is 20.0. The zero-order chi connectivity index (χ0) is 26.8. The molecule has 194 valence electrons. The van der Waals surface area contributed by atoms with Crippen molar-refractivity contribution in [1.82, 2.24) is 10.1 Å². The van der Waals surface area contributed by atoms with Gasteiger partial charge in [-0.2, -0.15) is 0 Å². The number of nitrogens with zero attached hydrogens (tertiary/aromatic N) is 4. The van der Waals surface area contributed by atoms with Gasteiger partial charge in [0, 0.05) is 24.8 Å². The number of anilines is 1. The van der Waals surface area contributed by atoms with E-state index in [-0.39, 0.29) is 5.82 Å². The Morgan fingerprint density at radius 1 is 1.08 bits per heavy atom. The molecule has 4 rings (SSSR count). The normalized spacial score (nSPS) is 10.9. The zero-order valence-electron chi connectivity index (χ0n) is 19.1. The topological polar surface area (TPSA) is 211 Å². The molecule has 4 N–H and O–H groups in total. The van der Waals surface area contributed by atoms with Crippen molar-refractivity contribution in [3.05, 3.63) is 105 Å². The van der Waals surface area contributed by atoms with E-state index in [2.05, 4.69) is 14.7 Å². The second kappa shape index (κ2) is 12.6. The summed E-state index contributed by atoms with van der Waals surface area (Å²) >= 11 is 0. The smallest absolute Gasteiger partial charge is 0.472 e. The summed E-state index contributed by atoms with van der Waals surface area (Å²) in [5.41, 5.74) is 9.43. The molecule has 0 atom stereocenters. The van der Waals surface area contributed by atoms with Gasteiger partial charge in [-0.05, 0) is 29.3 Å². The molecule has 0 saturated carbocycles. The lowest BCUT2D eigenvalue weighted by Gasteiger charge is -2.07. The van der Waals surface area contributed by atoms with Crippen LogP contribution in [0.5, 0.6) is 5.88 Å². The number of hydrogen-bond acceptors (Lipinski definition) is 10. The van der Waals surface area contributed by atoms with Crippen molar-refractivity contribution in [3.63, 3.8) is 0 Å². The van der Waals surface area contributed by atoms with E-state index in [1.165, 1.54) is 4.57 Å². The largest absolute Gasteiger partial charge is 0.473 e. The van der Waals surface area contributed by atoms with E-state index in [0.29, 0.717) is 35.9 Å². The highest BCUT2D eigenvalue weighted by Crippen LogP contribution is 2.35. The summed E-state index contributed by atoms with van der Waals surface area (Å²) in [6, 6.07) is 18.6. The van der Waals surface area contributed by atoms with Crippen LogP contribution in [0.25, 0.3) is 11.3 Å². The van der Waals surface area contributed by atoms with E-state index in [4.69, 9.17) is 40.1 Å². The van der Waals surface area contributed by atoms with E-state index in [1.807, 2.05) is 42.5 Å². The van der Waals surface area contributed by atoms with Crippen LogP contribution in [0.3, 0.4) is 0 Å². The summed E-state index contributed by atoms with van der Waals surface area (Å²) in [5, 5.41) is 18.9. The molecule has 0 aliphatic heterocycles. The van der Waals surface area contributed by atoms with Gasteiger partial charge in [-0.15, -0.1) is 0 Å². The predicted molar refractivity (Wildman–Crippen MR) is 128 cm³/mol. The molecule has 0 radical (unpaired) electrons. The van der Waals surface area contributed by atoms with Crippen LogP contribution in [0.2, 0.25) is 0 Å². The molecule has 0 aliphatic rings. The van der Waals surface area contributed by atoms with Crippen molar-refractivity contribution in [2.75, 3.05) is 5.73 Å². The molecule has 3 heterocycles. The van der Waals surface area contributed by atoms with Gasteiger partial charge in [0.1, 0.15) is 12.2 Å². The van der Waals surface area contributed by atoms with Crippen LogP contribution in [-0.2, 0) is 28.8 Å². The molecule has 1 aromatic carbocycles. The van der Waals surface area contributed by atoms with Gasteiger partial charge in [0.25, 0.3) is 5.82 Å². The van der Waals surface area contributed by atoms with Crippen molar-refractivity contribution in [2.45, 2.75) is 19.8 Å². The Kier molecular flexibility index (Phi) is 9.24. The van der Waals surface area contributed by atoms with E-state index in [0.717, 1.165) is 11.1 Å². The minimum atomic E-state index is -4.62. The molecule has 15 heteroatoms.